The largest absolute Gasteiger partial charge is 0.458 e. The Morgan fingerprint density at radius 2 is 2.23 bits per heavy atom. The molecule has 1 aliphatic rings. The normalized spacial score (nSPS) is 22.8. The third-order valence-corrected chi connectivity index (χ3v) is 1.77. The van der Waals surface area contributed by atoms with Gasteiger partial charge in [0.2, 0.25) is 0 Å². The van der Waals surface area contributed by atoms with E-state index in [1.165, 1.54) is 0 Å². The first-order chi connectivity index (χ1) is 5.99. The van der Waals surface area contributed by atoms with Crippen LogP contribution in [0.3, 0.4) is 0 Å². The van der Waals surface area contributed by atoms with Gasteiger partial charge in [-0.1, -0.05) is 0 Å². The van der Waals surface area contributed by atoms with Gasteiger partial charge in [0.05, 0.1) is 0 Å². The fraction of sp³-hybridized carbons (Fsp3) is 0.800. The molecule has 0 fully saturated rings. The number of hydrogen-bond acceptors (Lipinski definition) is 3. The summed E-state index contributed by atoms with van der Waals surface area (Å²) >= 11 is 0. The molecule has 0 aromatic carbocycles. The highest BCUT2D eigenvalue weighted by atomic mass is 16.6. The summed E-state index contributed by atoms with van der Waals surface area (Å²) in [6, 6.07) is -0.257. The third-order valence-electron chi connectivity index (χ3n) is 1.77. The van der Waals surface area contributed by atoms with Gasteiger partial charge in [-0.15, -0.1) is 0 Å². The summed E-state index contributed by atoms with van der Waals surface area (Å²) in [4.78, 5) is 15.6. The molecule has 0 amide bonds. The van der Waals surface area contributed by atoms with Gasteiger partial charge >= 0.3 is 5.97 Å². The van der Waals surface area contributed by atoms with Gasteiger partial charge in [-0.25, -0.2) is 4.79 Å². The van der Waals surface area contributed by atoms with Crippen LogP contribution in [-0.4, -0.2) is 23.8 Å². The van der Waals surface area contributed by atoms with E-state index in [2.05, 4.69) is 4.99 Å². The molecule has 0 aromatic heterocycles. The second-order valence-corrected chi connectivity index (χ2v) is 4.31. The van der Waals surface area contributed by atoms with Crippen LogP contribution >= 0.6 is 0 Å². The maximum atomic E-state index is 11.5. The number of aliphatic imine (C=N–C) groups is 1. The summed E-state index contributed by atoms with van der Waals surface area (Å²) in [6.45, 7) is 5.62. The second kappa shape index (κ2) is 3.90. The van der Waals surface area contributed by atoms with E-state index in [-0.39, 0.29) is 12.0 Å². The number of carbonyl (C=O) groups is 1. The maximum absolute atomic E-state index is 11.5. The molecule has 0 aliphatic carbocycles. The molecule has 1 rings (SSSR count). The smallest absolute Gasteiger partial charge is 0.331 e. The molecule has 0 spiro atoms. The van der Waals surface area contributed by atoms with Gasteiger partial charge < -0.3 is 4.74 Å². The standard InChI is InChI=1S/C10H17NO2/c1-10(2,3)13-9(12)8-6-4-5-7-11-8/h7-8H,4-6H2,1-3H3. The van der Waals surface area contributed by atoms with Crippen molar-refractivity contribution in [3.63, 3.8) is 0 Å². The van der Waals surface area contributed by atoms with Gasteiger partial charge in [0.1, 0.15) is 11.6 Å². The van der Waals surface area contributed by atoms with Crippen LogP contribution in [0.5, 0.6) is 0 Å². The summed E-state index contributed by atoms with van der Waals surface area (Å²) < 4.78 is 5.22. The molecule has 13 heavy (non-hydrogen) atoms. The number of hydrogen-bond donors (Lipinski definition) is 0. The van der Waals surface area contributed by atoms with Crippen LogP contribution in [0.15, 0.2) is 4.99 Å². The molecule has 1 aliphatic heterocycles. The number of nitrogens with zero attached hydrogens (tertiary/aromatic N) is 1. The van der Waals surface area contributed by atoms with E-state index in [0.29, 0.717) is 0 Å². The first kappa shape index (κ1) is 10.2. The summed E-state index contributed by atoms with van der Waals surface area (Å²) in [5.74, 6) is -0.191. The van der Waals surface area contributed by atoms with E-state index >= 15 is 0 Å². The van der Waals surface area contributed by atoms with Crippen LogP contribution in [0.25, 0.3) is 0 Å². The molecule has 0 radical (unpaired) electrons. The Hall–Kier alpha value is -0.860. The van der Waals surface area contributed by atoms with Crippen molar-refractivity contribution in [3.05, 3.63) is 0 Å². The predicted molar refractivity (Wildman–Crippen MR) is 52.0 cm³/mol. The molecule has 0 aromatic rings. The van der Waals surface area contributed by atoms with Crippen molar-refractivity contribution in [2.45, 2.75) is 51.7 Å². The quantitative estimate of drug-likeness (QED) is 0.583. The van der Waals surface area contributed by atoms with E-state index in [1.807, 2.05) is 27.0 Å². The minimum absolute atomic E-state index is 0.191. The lowest BCUT2D eigenvalue weighted by molar-refractivity contribution is -0.156. The van der Waals surface area contributed by atoms with Gasteiger partial charge in [-0.05, 0) is 46.2 Å². The lowest BCUT2D eigenvalue weighted by Gasteiger charge is -2.23. The summed E-state index contributed by atoms with van der Waals surface area (Å²) in [6.07, 6.45) is 4.66. The lowest BCUT2D eigenvalue weighted by Crippen LogP contribution is -2.31. The monoisotopic (exact) mass is 183 g/mol. The van der Waals surface area contributed by atoms with Gasteiger partial charge in [-0.2, -0.15) is 0 Å². The van der Waals surface area contributed by atoms with Gasteiger partial charge in [0, 0.05) is 0 Å². The topological polar surface area (TPSA) is 38.7 Å². The Kier molecular flexibility index (Phi) is 3.07. The van der Waals surface area contributed by atoms with E-state index in [0.717, 1.165) is 19.3 Å². The van der Waals surface area contributed by atoms with Gasteiger partial charge in [0.25, 0.3) is 0 Å². The molecule has 1 heterocycles. The average molecular weight is 183 g/mol. The van der Waals surface area contributed by atoms with Crippen molar-refractivity contribution in [1.29, 1.82) is 0 Å². The van der Waals surface area contributed by atoms with E-state index in [9.17, 15) is 4.79 Å². The lowest BCUT2D eigenvalue weighted by atomic mass is 10.1. The summed E-state index contributed by atoms with van der Waals surface area (Å²) in [5.41, 5.74) is -0.399. The SMILES string of the molecule is CC(C)(C)OC(=O)C1CCCC=N1. The fourth-order valence-electron chi connectivity index (χ4n) is 1.23. The average Bonchev–Trinajstić information content (AvgIpc) is 2.03. The van der Waals surface area contributed by atoms with E-state index in [4.69, 9.17) is 4.74 Å². The van der Waals surface area contributed by atoms with Gasteiger partial charge in [0.15, 0.2) is 0 Å². The van der Waals surface area contributed by atoms with Crippen molar-refractivity contribution < 1.29 is 9.53 Å². The number of carbonyl (C=O) groups excluding carboxylic acids is 1. The van der Waals surface area contributed by atoms with Crippen molar-refractivity contribution in [2.75, 3.05) is 0 Å². The van der Waals surface area contributed by atoms with Crippen LogP contribution < -0.4 is 0 Å². The maximum Gasteiger partial charge on any atom is 0.331 e. The fourth-order valence-corrected chi connectivity index (χ4v) is 1.23. The van der Waals surface area contributed by atoms with E-state index < -0.39 is 5.60 Å². The Morgan fingerprint density at radius 3 is 2.69 bits per heavy atom. The minimum Gasteiger partial charge on any atom is -0.458 e. The third kappa shape index (κ3) is 3.57. The highest BCUT2D eigenvalue weighted by Gasteiger charge is 2.24. The molecule has 3 heteroatoms. The molecule has 0 N–H and O–H groups in total. The predicted octanol–water partition coefficient (Wildman–Crippen LogP) is 1.95. The Morgan fingerprint density at radius 1 is 1.54 bits per heavy atom. The minimum atomic E-state index is -0.399. The Labute approximate surface area is 79.2 Å². The van der Waals surface area contributed by atoms with Gasteiger partial charge in [-0.3, -0.25) is 4.99 Å². The summed E-state index contributed by atoms with van der Waals surface area (Å²) in [7, 11) is 0. The zero-order valence-electron chi connectivity index (χ0n) is 8.54. The zero-order chi connectivity index (χ0) is 9.90. The van der Waals surface area contributed by atoms with Crippen LogP contribution in [0.2, 0.25) is 0 Å². The van der Waals surface area contributed by atoms with Crippen molar-refractivity contribution in [3.8, 4) is 0 Å². The van der Waals surface area contributed by atoms with E-state index in [1.54, 1.807) is 0 Å². The zero-order valence-corrected chi connectivity index (χ0v) is 8.54. The molecule has 0 saturated carbocycles. The number of esters is 1. The molecule has 0 saturated heterocycles. The molecule has 3 nitrogen and oxygen atoms in total. The highest BCUT2D eigenvalue weighted by Crippen LogP contribution is 2.15. The van der Waals surface area contributed by atoms with Crippen molar-refractivity contribution in [2.24, 2.45) is 4.99 Å². The number of ether oxygens (including phenoxy) is 1. The van der Waals surface area contributed by atoms with Crippen molar-refractivity contribution >= 4 is 12.2 Å². The van der Waals surface area contributed by atoms with Crippen LogP contribution in [0, 0.1) is 0 Å². The molecule has 0 bridgehead atoms. The molecule has 74 valence electrons. The molecular weight excluding hydrogens is 166 g/mol. The molecular formula is C10H17NO2. The van der Waals surface area contributed by atoms with Crippen LogP contribution in [0.1, 0.15) is 40.0 Å². The highest BCUT2D eigenvalue weighted by molar-refractivity contribution is 5.79. The Bertz CT molecular complexity index is 215. The Balaban J connectivity index is 2.47. The molecule has 1 unspecified atom stereocenters. The molecule has 1 atom stereocenters. The first-order valence-corrected chi connectivity index (χ1v) is 4.73. The first-order valence-electron chi connectivity index (χ1n) is 4.73. The van der Waals surface area contributed by atoms with Crippen LogP contribution in [0.4, 0.5) is 0 Å². The summed E-state index contributed by atoms with van der Waals surface area (Å²) in [5, 5.41) is 0. The van der Waals surface area contributed by atoms with Crippen molar-refractivity contribution in [1.82, 2.24) is 0 Å². The number of rotatable bonds is 1. The second-order valence-electron chi connectivity index (χ2n) is 4.31. The van der Waals surface area contributed by atoms with Crippen LogP contribution in [-0.2, 0) is 9.53 Å².